The van der Waals surface area contributed by atoms with E-state index in [0.29, 0.717) is 17.5 Å². The van der Waals surface area contributed by atoms with Crippen molar-refractivity contribution in [3.05, 3.63) is 206 Å². The van der Waals surface area contributed by atoms with Gasteiger partial charge in [-0.25, -0.2) is 15.0 Å². The van der Waals surface area contributed by atoms with Crippen LogP contribution in [0.25, 0.3) is 137 Å². The van der Waals surface area contributed by atoms with Crippen molar-refractivity contribution < 1.29 is 4.42 Å². The highest BCUT2D eigenvalue weighted by Gasteiger charge is 2.21. The molecule has 0 saturated heterocycles. The van der Waals surface area contributed by atoms with Gasteiger partial charge in [0.1, 0.15) is 11.2 Å². The van der Waals surface area contributed by atoms with Gasteiger partial charge in [-0.2, -0.15) is 0 Å². The van der Waals surface area contributed by atoms with Gasteiger partial charge in [0.05, 0.1) is 16.7 Å². The maximum absolute atomic E-state index is 6.83. The van der Waals surface area contributed by atoms with Gasteiger partial charge in [-0.15, -0.1) is 0 Å². The van der Waals surface area contributed by atoms with Crippen LogP contribution in [0.3, 0.4) is 0 Å². The van der Waals surface area contributed by atoms with E-state index in [4.69, 9.17) is 19.4 Å². The maximum Gasteiger partial charge on any atom is 0.164 e. The lowest BCUT2D eigenvalue weighted by molar-refractivity contribution is 0.669. The molecule has 14 aromatic rings. The third-order valence-electron chi connectivity index (χ3n) is 13.1. The predicted molar refractivity (Wildman–Crippen MR) is 265 cm³/mol. The van der Waals surface area contributed by atoms with E-state index >= 15 is 0 Å². The highest BCUT2D eigenvalue weighted by Crippen LogP contribution is 2.43. The highest BCUT2D eigenvalue weighted by molar-refractivity contribution is 6.23. The molecule has 296 valence electrons. The van der Waals surface area contributed by atoms with Crippen molar-refractivity contribution in [1.29, 1.82) is 0 Å². The first-order valence-electron chi connectivity index (χ1n) is 21.7. The second-order valence-electron chi connectivity index (χ2n) is 16.8. The van der Waals surface area contributed by atoms with E-state index in [2.05, 4.69) is 211 Å². The molecule has 3 aromatic heterocycles. The van der Waals surface area contributed by atoms with Crippen LogP contribution in [0.2, 0.25) is 0 Å². The van der Waals surface area contributed by atoms with Crippen LogP contribution in [0.15, 0.2) is 211 Å². The van der Waals surface area contributed by atoms with Crippen molar-refractivity contribution in [2.24, 2.45) is 0 Å². The third-order valence-corrected chi connectivity index (χ3v) is 13.1. The van der Waals surface area contributed by atoms with Gasteiger partial charge in [0.15, 0.2) is 17.5 Å². The molecule has 0 aliphatic carbocycles. The number of hydrogen-bond acceptors (Lipinski definition) is 4. The molecule has 0 bridgehead atoms. The number of nitrogens with zero attached hydrogens (tertiary/aromatic N) is 4. The molecule has 0 unspecified atom stereocenters. The number of para-hydroxylation sites is 1. The Bertz CT molecular complexity index is 4270. The van der Waals surface area contributed by atoms with E-state index in [1.54, 1.807) is 0 Å². The number of aromatic nitrogens is 4. The number of furan rings is 1. The normalized spacial score (nSPS) is 12.1. The lowest BCUT2D eigenvalue weighted by Crippen LogP contribution is -2.01. The molecule has 0 saturated carbocycles. The quantitative estimate of drug-likeness (QED) is 0.166. The second-order valence-corrected chi connectivity index (χ2v) is 16.8. The average Bonchev–Trinajstić information content (AvgIpc) is 3.89. The molecule has 0 radical (unpaired) electrons. The largest absolute Gasteiger partial charge is 0.456 e. The standard InChI is InChI=1S/C59H34N4O/c1-2-14-36-29-40(26-25-35(36)13-1)57-60-58(62-59(61-57)49-31-39-17-5-6-18-42(39)43-19-7-8-20-44(43)49)41-27-28-54-50(32-41)56-47-23-10-9-21-45(47)53(34-55(56)64-54)63-51-24-12-11-22-46(51)48-30-37-15-3-4-16-38(37)33-52(48)63/h1-34H. The van der Waals surface area contributed by atoms with Crippen LogP contribution in [-0.2, 0) is 0 Å². The van der Waals surface area contributed by atoms with Crippen molar-refractivity contribution in [1.82, 2.24) is 19.5 Å². The van der Waals surface area contributed by atoms with Gasteiger partial charge in [0.2, 0.25) is 0 Å². The van der Waals surface area contributed by atoms with Crippen molar-refractivity contribution in [3.8, 4) is 39.9 Å². The molecule has 5 heteroatoms. The Morgan fingerprint density at radius 3 is 1.69 bits per heavy atom. The van der Waals surface area contributed by atoms with Crippen LogP contribution in [-0.4, -0.2) is 19.5 Å². The molecule has 0 aliphatic rings. The number of benzene rings is 11. The molecular formula is C59H34N4O. The Morgan fingerprint density at radius 1 is 0.312 bits per heavy atom. The summed E-state index contributed by atoms with van der Waals surface area (Å²) in [6.45, 7) is 0. The molecule has 11 aromatic carbocycles. The Morgan fingerprint density at radius 2 is 0.891 bits per heavy atom. The average molecular weight is 815 g/mol. The first-order valence-corrected chi connectivity index (χ1v) is 21.7. The van der Waals surface area contributed by atoms with Gasteiger partial charge in [0, 0.05) is 49.7 Å². The molecule has 5 nitrogen and oxygen atoms in total. The van der Waals surface area contributed by atoms with Crippen LogP contribution in [0.5, 0.6) is 0 Å². The van der Waals surface area contributed by atoms with Crippen LogP contribution in [0.1, 0.15) is 0 Å². The summed E-state index contributed by atoms with van der Waals surface area (Å²) < 4.78 is 9.25. The van der Waals surface area contributed by atoms with E-state index in [-0.39, 0.29) is 0 Å². The first kappa shape index (κ1) is 35.0. The summed E-state index contributed by atoms with van der Waals surface area (Å²) in [7, 11) is 0. The zero-order valence-electron chi connectivity index (χ0n) is 34.3. The smallest absolute Gasteiger partial charge is 0.164 e. The minimum Gasteiger partial charge on any atom is -0.456 e. The predicted octanol–water partition coefficient (Wildman–Crippen LogP) is 15.6. The summed E-state index contributed by atoms with van der Waals surface area (Å²) in [6.07, 6.45) is 0. The molecule has 0 atom stereocenters. The Balaban J connectivity index is 1.01. The second kappa shape index (κ2) is 13.4. The Labute approximate surface area is 366 Å². The van der Waals surface area contributed by atoms with Crippen molar-refractivity contribution in [2.75, 3.05) is 0 Å². The van der Waals surface area contributed by atoms with Crippen LogP contribution >= 0.6 is 0 Å². The number of fused-ring (bicyclic) bond motifs is 13. The van der Waals surface area contributed by atoms with E-state index < -0.39 is 0 Å². The zero-order valence-corrected chi connectivity index (χ0v) is 34.3. The summed E-state index contributed by atoms with van der Waals surface area (Å²) in [4.78, 5) is 15.8. The highest BCUT2D eigenvalue weighted by atomic mass is 16.3. The fourth-order valence-electron chi connectivity index (χ4n) is 10.2. The molecule has 0 N–H and O–H groups in total. The minimum absolute atomic E-state index is 0.597. The number of hydrogen-bond donors (Lipinski definition) is 0. The molecule has 3 heterocycles. The van der Waals surface area contributed by atoms with Gasteiger partial charge in [-0.3, -0.25) is 0 Å². The van der Waals surface area contributed by atoms with Crippen LogP contribution < -0.4 is 0 Å². The van der Waals surface area contributed by atoms with Gasteiger partial charge in [0.25, 0.3) is 0 Å². The SMILES string of the molecule is c1ccc2cc(-c3nc(-c4ccc5oc6cc(-n7c8ccccc8c8cc9ccccc9cc87)c7ccccc7c6c5c4)nc(-c4cc5ccccc5c5ccccc45)n3)ccc2c1. The summed E-state index contributed by atoms with van der Waals surface area (Å²) in [6, 6.07) is 73.3. The molecule has 0 aliphatic heterocycles. The third kappa shape index (κ3) is 5.22. The van der Waals surface area contributed by atoms with E-state index in [9.17, 15) is 0 Å². The minimum atomic E-state index is 0.597. The maximum atomic E-state index is 6.83. The van der Waals surface area contributed by atoms with Crippen LogP contribution in [0, 0.1) is 0 Å². The Hall–Kier alpha value is -8.67. The van der Waals surface area contributed by atoms with Gasteiger partial charge in [-0.05, 0) is 97.0 Å². The van der Waals surface area contributed by atoms with Crippen LogP contribution in [0.4, 0.5) is 0 Å². The van der Waals surface area contributed by atoms with Gasteiger partial charge < -0.3 is 8.98 Å². The molecule has 14 rings (SSSR count). The fraction of sp³-hybridized carbons (Fsp3) is 0. The first-order chi connectivity index (χ1) is 31.7. The summed E-state index contributed by atoms with van der Waals surface area (Å²) in [5, 5.41) is 16.1. The van der Waals surface area contributed by atoms with Crippen molar-refractivity contribution >= 4 is 97.6 Å². The van der Waals surface area contributed by atoms with Crippen molar-refractivity contribution in [3.63, 3.8) is 0 Å². The number of rotatable bonds is 4. The molecule has 0 amide bonds. The lowest BCUT2D eigenvalue weighted by Gasteiger charge is -2.13. The van der Waals surface area contributed by atoms with Gasteiger partial charge in [-0.1, -0.05) is 152 Å². The summed E-state index contributed by atoms with van der Waals surface area (Å²) >= 11 is 0. The molecule has 64 heavy (non-hydrogen) atoms. The van der Waals surface area contributed by atoms with E-state index in [1.165, 1.54) is 32.3 Å². The molecule has 0 spiro atoms. The monoisotopic (exact) mass is 814 g/mol. The van der Waals surface area contributed by atoms with Crippen molar-refractivity contribution in [2.45, 2.75) is 0 Å². The summed E-state index contributed by atoms with van der Waals surface area (Å²) in [5.41, 5.74) is 7.80. The molecule has 0 fully saturated rings. The Kier molecular flexibility index (Phi) is 7.33. The fourth-order valence-corrected chi connectivity index (χ4v) is 10.2. The lowest BCUT2D eigenvalue weighted by atomic mass is 9.96. The van der Waals surface area contributed by atoms with E-state index in [1.807, 2.05) is 0 Å². The van der Waals surface area contributed by atoms with E-state index in [0.717, 1.165) is 87.7 Å². The van der Waals surface area contributed by atoms with Gasteiger partial charge >= 0.3 is 0 Å². The topological polar surface area (TPSA) is 56.7 Å². The zero-order chi connectivity index (χ0) is 41.9. The molecular weight excluding hydrogens is 781 g/mol. The summed E-state index contributed by atoms with van der Waals surface area (Å²) in [5.74, 6) is 1.84.